The number of nitrogens with zero attached hydrogens (tertiary/aromatic N) is 2. The van der Waals surface area contributed by atoms with Crippen molar-refractivity contribution in [2.75, 3.05) is 23.4 Å². The molecule has 8 heteroatoms. The second kappa shape index (κ2) is 5.87. The van der Waals surface area contributed by atoms with E-state index in [4.69, 9.17) is 5.11 Å². The molecule has 2 rings (SSSR count). The smallest absolute Gasteiger partial charge is 0.325 e. The van der Waals surface area contributed by atoms with Crippen molar-refractivity contribution in [3.63, 3.8) is 0 Å². The van der Waals surface area contributed by atoms with Gasteiger partial charge in [0.1, 0.15) is 6.54 Å². The molecule has 0 saturated carbocycles. The highest BCUT2D eigenvalue weighted by molar-refractivity contribution is 7.99. The molecule has 1 aliphatic rings. The molecule has 0 aliphatic carbocycles. The van der Waals surface area contributed by atoms with Gasteiger partial charge in [0.25, 0.3) is 0 Å². The average molecular weight is 270 g/mol. The Balaban J connectivity index is 1.90. The van der Waals surface area contributed by atoms with E-state index in [2.05, 4.69) is 15.7 Å². The number of aromatic nitrogens is 2. The zero-order chi connectivity index (χ0) is 13.0. The number of hydrogen-bond donors (Lipinski definition) is 3. The number of carbonyl (C=O) groups is 2. The van der Waals surface area contributed by atoms with Crippen molar-refractivity contribution in [1.82, 2.24) is 15.1 Å². The average Bonchev–Trinajstić information content (AvgIpc) is 2.76. The Hall–Kier alpha value is -1.54. The molecule has 0 aromatic carbocycles. The van der Waals surface area contributed by atoms with Crippen LogP contribution in [0.25, 0.3) is 0 Å². The van der Waals surface area contributed by atoms with Crippen LogP contribution in [0.5, 0.6) is 0 Å². The van der Waals surface area contributed by atoms with Gasteiger partial charge in [-0.25, -0.2) is 0 Å². The normalized spacial score (nSPS) is 19.4. The predicted molar refractivity (Wildman–Crippen MR) is 67.6 cm³/mol. The van der Waals surface area contributed by atoms with E-state index in [1.165, 1.54) is 17.1 Å². The van der Waals surface area contributed by atoms with Crippen molar-refractivity contribution in [2.45, 2.75) is 12.6 Å². The molecule has 1 saturated heterocycles. The first kappa shape index (κ1) is 12.9. The Labute approximate surface area is 108 Å². The molecule has 18 heavy (non-hydrogen) atoms. The number of anilines is 1. The lowest BCUT2D eigenvalue weighted by Crippen LogP contribution is -2.46. The summed E-state index contributed by atoms with van der Waals surface area (Å²) in [4.78, 5) is 22.3. The third-order valence-electron chi connectivity index (χ3n) is 2.44. The predicted octanol–water partition coefficient (Wildman–Crippen LogP) is -0.389. The van der Waals surface area contributed by atoms with Crippen LogP contribution in [0.3, 0.4) is 0 Å². The van der Waals surface area contributed by atoms with Crippen molar-refractivity contribution in [2.24, 2.45) is 0 Å². The molecule has 0 radical (unpaired) electrons. The number of carboxylic acids is 1. The fourth-order valence-corrected chi connectivity index (χ4v) is 2.55. The van der Waals surface area contributed by atoms with Crippen LogP contribution in [0.1, 0.15) is 0 Å². The summed E-state index contributed by atoms with van der Waals surface area (Å²) in [6.07, 6.45) is 2.94. The van der Waals surface area contributed by atoms with Crippen molar-refractivity contribution < 1.29 is 14.7 Å². The number of carboxylic acid groups (broad SMARTS) is 1. The quantitative estimate of drug-likeness (QED) is 0.689. The minimum Gasteiger partial charge on any atom is -0.480 e. The first-order valence-electron chi connectivity index (χ1n) is 5.51. The van der Waals surface area contributed by atoms with Crippen LogP contribution in [0.4, 0.5) is 5.69 Å². The summed E-state index contributed by atoms with van der Waals surface area (Å²) < 4.78 is 1.26. The molecule has 1 amide bonds. The van der Waals surface area contributed by atoms with Gasteiger partial charge < -0.3 is 15.7 Å². The largest absolute Gasteiger partial charge is 0.480 e. The Kier molecular flexibility index (Phi) is 4.21. The number of aliphatic carboxylic acids is 1. The van der Waals surface area contributed by atoms with Crippen LogP contribution in [0.2, 0.25) is 0 Å². The summed E-state index contributed by atoms with van der Waals surface area (Å²) >= 11 is 1.73. The van der Waals surface area contributed by atoms with Gasteiger partial charge in [0, 0.05) is 24.2 Å². The highest BCUT2D eigenvalue weighted by Gasteiger charge is 2.21. The Morgan fingerprint density at radius 3 is 3.17 bits per heavy atom. The highest BCUT2D eigenvalue weighted by Crippen LogP contribution is 2.11. The van der Waals surface area contributed by atoms with Gasteiger partial charge in [-0.15, -0.1) is 0 Å². The van der Waals surface area contributed by atoms with E-state index < -0.39 is 5.97 Å². The minimum absolute atomic E-state index is 0.114. The fourth-order valence-electron chi connectivity index (χ4n) is 1.62. The second-order valence-corrected chi connectivity index (χ2v) is 5.04. The summed E-state index contributed by atoms with van der Waals surface area (Å²) in [6, 6.07) is -0.202. The number of thioether (sulfide) groups is 1. The van der Waals surface area contributed by atoms with Crippen LogP contribution >= 0.6 is 11.8 Å². The van der Waals surface area contributed by atoms with Crippen LogP contribution in [0, 0.1) is 0 Å². The lowest BCUT2D eigenvalue weighted by Gasteiger charge is -2.21. The molecule has 1 atom stereocenters. The van der Waals surface area contributed by atoms with E-state index in [0.29, 0.717) is 5.69 Å². The molecule has 7 nitrogen and oxygen atoms in total. The van der Waals surface area contributed by atoms with E-state index in [1.54, 1.807) is 11.8 Å². The molecule has 1 aromatic heterocycles. The molecular weight excluding hydrogens is 256 g/mol. The molecule has 3 N–H and O–H groups in total. The van der Waals surface area contributed by atoms with E-state index in [9.17, 15) is 9.59 Å². The maximum Gasteiger partial charge on any atom is 0.325 e. The summed E-state index contributed by atoms with van der Waals surface area (Å²) in [7, 11) is 0. The van der Waals surface area contributed by atoms with Gasteiger partial charge in [-0.05, 0) is 0 Å². The number of amides is 1. The van der Waals surface area contributed by atoms with Gasteiger partial charge in [0.15, 0.2) is 0 Å². The SMILES string of the molecule is O=C(O)Cn1cc(NC(=O)C2CSCCN2)cn1. The van der Waals surface area contributed by atoms with Gasteiger partial charge in [-0.1, -0.05) is 0 Å². The van der Waals surface area contributed by atoms with Gasteiger partial charge in [-0.3, -0.25) is 14.3 Å². The third-order valence-corrected chi connectivity index (χ3v) is 3.50. The maximum atomic E-state index is 11.9. The van der Waals surface area contributed by atoms with Crippen molar-refractivity contribution >= 4 is 29.3 Å². The molecule has 1 fully saturated rings. The van der Waals surface area contributed by atoms with Crippen molar-refractivity contribution in [3.8, 4) is 0 Å². The second-order valence-electron chi connectivity index (χ2n) is 3.89. The summed E-state index contributed by atoms with van der Waals surface area (Å²) in [5.74, 6) is 0.675. The fraction of sp³-hybridized carbons (Fsp3) is 0.500. The number of rotatable bonds is 4. The van der Waals surface area contributed by atoms with Crippen LogP contribution in [-0.4, -0.2) is 50.9 Å². The van der Waals surface area contributed by atoms with E-state index in [-0.39, 0.29) is 18.5 Å². The van der Waals surface area contributed by atoms with E-state index in [0.717, 1.165) is 18.1 Å². The van der Waals surface area contributed by atoms with Gasteiger partial charge in [0.05, 0.1) is 17.9 Å². The Morgan fingerprint density at radius 2 is 2.50 bits per heavy atom. The van der Waals surface area contributed by atoms with Crippen molar-refractivity contribution in [3.05, 3.63) is 12.4 Å². The lowest BCUT2D eigenvalue weighted by molar-refractivity contribution is -0.137. The number of hydrogen-bond acceptors (Lipinski definition) is 5. The van der Waals surface area contributed by atoms with Gasteiger partial charge >= 0.3 is 5.97 Å². The molecule has 0 spiro atoms. The molecule has 1 aliphatic heterocycles. The zero-order valence-corrected chi connectivity index (χ0v) is 10.4. The summed E-state index contributed by atoms with van der Waals surface area (Å²) in [5, 5.41) is 18.3. The molecule has 0 bridgehead atoms. The van der Waals surface area contributed by atoms with Crippen LogP contribution < -0.4 is 10.6 Å². The molecule has 1 aromatic rings. The van der Waals surface area contributed by atoms with Gasteiger partial charge in [-0.2, -0.15) is 16.9 Å². The first-order chi connectivity index (χ1) is 8.65. The number of nitrogens with one attached hydrogen (secondary N) is 2. The lowest BCUT2D eigenvalue weighted by atomic mass is 10.3. The summed E-state index contributed by atoms with van der Waals surface area (Å²) in [5.41, 5.74) is 0.513. The Morgan fingerprint density at radius 1 is 1.67 bits per heavy atom. The molecule has 2 heterocycles. The zero-order valence-electron chi connectivity index (χ0n) is 9.63. The monoisotopic (exact) mass is 270 g/mol. The van der Waals surface area contributed by atoms with Crippen molar-refractivity contribution in [1.29, 1.82) is 0 Å². The van der Waals surface area contributed by atoms with E-state index >= 15 is 0 Å². The Bertz CT molecular complexity index is 442. The molecular formula is C10H14N4O3S. The van der Waals surface area contributed by atoms with Gasteiger partial charge in [0.2, 0.25) is 5.91 Å². The van der Waals surface area contributed by atoms with Crippen LogP contribution in [0.15, 0.2) is 12.4 Å². The number of carbonyl (C=O) groups excluding carboxylic acids is 1. The van der Waals surface area contributed by atoms with Crippen LogP contribution in [-0.2, 0) is 16.1 Å². The molecule has 1 unspecified atom stereocenters. The standard InChI is InChI=1S/C10H14N4O3S/c15-9(16)5-14-4-7(3-12-14)13-10(17)8-6-18-2-1-11-8/h3-4,8,11H,1-2,5-6H2,(H,13,17)(H,15,16). The molecule has 98 valence electrons. The highest BCUT2D eigenvalue weighted by atomic mass is 32.2. The third kappa shape index (κ3) is 3.47. The maximum absolute atomic E-state index is 11.9. The summed E-state index contributed by atoms with van der Waals surface area (Å²) in [6.45, 7) is 0.606. The minimum atomic E-state index is -0.971. The first-order valence-corrected chi connectivity index (χ1v) is 6.67. The topological polar surface area (TPSA) is 96.2 Å². The van der Waals surface area contributed by atoms with E-state index in [1.807, 2.05) is 0 Å².